The highest BCUT2D eigenvalue weighted by atomic mass is 16.5. The van der Waals surface area contributed by atoms with Crippen LogP contribution in [0.4, 0.5) is 0 Å². The van der Waals surface area contributed by atoms with Crippen LogP contribution in [0.3, 0.4) is 0 Å². The molecule has 100 valence electrons. The maximum Gasteiger partial charge on any atom is 0.234 e. The van der Waals surface area contributed by atoms with Crippen LogP contribution in [-0.2, 0) is 9.53 Å². The van der Waals surface area contributed by atoms with Crippen molar-refractivity contribution in [2.45, 2.75) is 31.8 Å². The van der Waals surface area contributed by atoms with Crippen LogP contribution in [-0.4, -0.2) is 63.3 Å². The molecular weight excluding hydrogens is 218 g/mol. The van der Waals surface area contributed by atoms with Crippen molar-refractivity contribution in [2.75, 3.05) is 40.4 Å². The number of hydrogen-bond donors (Lipinski definition) is 2. The Bertz CT molecular complexity index is 236. The lowest BCUT2D eigenvalue weighted by Crippen LogP contribution is -2.48. The minimum atomic E-state index is 0.0794. The number of methoxy groups -OCH3 is 1. The normalized spacial score (nSPS) is 24.9. The largest absolute Gasteiger partial charge is 0.383 e. The molecule has 2 N–H and O–H groups in total. The molecule has 5 nitrogen and oxygen atoms in total. The number of carbonyl (C=O) groups excluding carboxylic acids is 1. The smallest absolute Gasteiger partial charge is 0.234 e. The summed E-state index contributed by atoms with van der Waals surface area (Å²) in [5, 5.41) is 6.26. The van der Waals surface area contributed by atoms with Crippen LogP contribution >= 0.6 is 0 Å². The van der Waals surface area contributed by atoms with Crippen molar-refractivity contribution in [3.63, 3.8) is 0 Å². The number of carbonyl (C=O) groups is 1. The fourth-order valence-electron chi connectivity index (χ4n) is 2.21. The van der Waals surface area contributed by atoms with Gasteiger partial charge in [-0.25, -0.2) is 0 Å². The first-order chi connectivity index (χ1) is 8.13. The third-order valence-electron chi connectivity index (χ3n) is 3.24. The zero-order chi connectivity index (χ0) is 12.7. The van der Waals surface area contributed by atoms with Crippen LogP contribution in [0.2, 0.25) is 0 Å². The lowest BCUT2D eigenvalue weighted by molar-refractivity contribution is -0.122. The molecule has 1 amide bonds. The molecule has 0 aromatic heterocycles. The zero-order valence-electron chi connectivity index (χ0n) is 11.2. The van der Waals surface area contributed by atoms with Crippen LogP contribution in [0.5, 0.6) is 0 Å². The summed E-state index contributed by atoms with van der Waals surface area (Å²) in [6.07, 6.45) is 2.23. The molecule has 1 fully saturated rings. The Hall–Kier alpha value is -0.650. The topological polar surface area (TPSA) is 53.6 Å². The molecule has 0 radical (unpaired) electrons. The molecule has 0 aromatic carbocycles. The van der Waals surface area contributed by atoms with Gasteiger partial charge in [-0.05, 0) is 33.4 Å². The number of ether oxygens (including phenoxy) is 1. The Morgan fingerprint density at radius 3 is 3.00 bits per heavy atom. The Morgan fingerprint density at radius 1 is 1.59 bits per heavy atom. The lowest BCUT2D eigenvalue weighted by atomic mass is 9.99. The van der Waals surface area contributed by atoms with Crippen molar-refractivity contribution >= 4 is 5.91 Å². The molecule has 0 bridgehead atoms. The molecule has 0 spiro atoms. The summed E-state index contributed by atoms with van der Waals surface area (Å²) in [4.78, 5) is 13.8. The van der Waals surface area contributed by atoms with Gasteiger partial charge >= 0.3 is 0 Å². The second-order valence-electron chi connectivity index (χ2n) is 4.79. The molecule has 2 unspecified atom stereocenters. The van der Waals surface area contributed by atoms with E-state index < -0.39 is 0 Å². The van der Waals surface area contributed by atoms with E-state index in [1.54, 1.807) is 7.11 Å². The summed E-state index contributed by atoms with van der Waals surface area (Å²) >= 11 is 0. The molecule has 1 rings (SSSR count). The van der Waals surface area contributed by atoms with Crippen LogP contribution in [0.1, 0.15) is 19.8 Å². The summed E-state index contributed by atoms with van der Waals surface area (Å²) in [6.45, 7) is 4.87. The molecule has 1 aliphatic heterocycles. The van der Waals surface area contributed by atoms with Gasteiger partial charge in [0.1, 0.15) is 0 Å². The van der Waals surface area contributed by atoms with Gasteiger partial charge in [0, 0.05) is 25.7 Å². The predicted molar refractivity (Wildman–Crippen MR) is 68.0 cm³/mol. The van der Waals surface area contributed by atoms with E-state index in [0.29, 0.717) is 31.8 Å². The fraction of sp³-hybridized carbons (Fsp3) is 0.917. The molecule has 1 saturated heterocycles. The highest BCUT2D eigenvalue weighted by molar-refractivity contribution is 5.77. The minimum absolute atomic E-state index is 0.0794. The summed E-state index contributed by atoms with van der Waals surface area (Å²) in [5.74, 6) is 0.0794. The molecule has 1 heterocycles. The average molecular weight is 243 g/mol. The van der Waals surface area contributed by atoms with Gasteiger partial charge in [-0.3, -0.25) is 9.69 Å². The van der Waals surface area contributed by atoms with Crippen LogP contribution < -0.4 is 10.6 Å². The molecule has 0 aromatic rings. The monoisotopic (exact) mass is 243 g/mol. The molecule has 17 heavy (non-hydrogen) atoms. The number of likely N-dealkylation sites (N-methyl/N-ethyl adjacent to an activating group) is 1. The first-order valence-corrected chi connectivity index (χ1v) is 6.32. The van der Waals surface area contributed by atoms with E-state index >= 15 is 0 Å². The molecule has 1 aliphatic rings. The predicted octanol–water partition coefficient (Wildman–Crippen LogP) is -0.179. The highest BCUT2D eigenvalue weighted by Gasteiger charge is 2.22. The Morgan fingerprint density at radius 2 is 2.35 bits per heavy atom. The summed E-state index contributed by atoms with van der Waals surface area (Å²) in [5.41, 5.74) is 0. The Balaban J connectivity index is 2.22. The number of nitrogens with one attached hydrogen (secondary N) is 2. The van der Waals surface area contributed by atoms with Gasteiger partial charge in [-0.2, -0.15) is 0 Å². The number of piperidine rings is 1. The van der Waals surface area contributed by atoms with E-state index in [1.165, 1.54) is 0 Å². The van der Waals surface area contributed by atoms with Crippen molar-refractivity contribution in [3.05, 3.63) is 0 Å². The van der Waals surface area contributed by atoms with Crippen LogP contribution in [0, 0.1) is 0 Å². The highest BCUT2D eigenvalue weighted by Crippen LogP contribution is 2.13. The number of nitrogens with zero attached hydrogens (tertiary/aromatic N) is 1. The maximum atomic E-state index is 11.6. The molecular formula is C12H25N3O2. The van der Waals surface area contributed by atoms with Gasteiger partial charge in [0.15, 0.2) is 0 Å². The van der Waals surface area contributed by atoms with E-state index in [-0.39, 0.29) is 5.91 Å². The Kier molecular flexibility index (Phi) is 6.47. The fourth-order valence-corrected chi connectivity index (χ4v) is 2.21. The van der Waals surface area contributed by atoms with Gasteiger partial charge in [0.2, 0.25) is 5.91 Å². The van der Waals surface area contributed by atoms with E-state index in [4.69, 9.17) is 4.74 Å². The first kappa shape index (κ1) is 14.4. The van der Waals surface area contributed by atoms with Crippen molar-refractivity contribution in [1.82, 2.24) is 15.5 Å². The van der Waals surface area contributed by atoms with E-state index in [2.05, 4.69) is 22.5 Å². The Labute approximate surface area is 104 Å². The number of amides is 1. The number of rotatable bonds is 6. The lowest BCUT2D eigenvalue weighted by Gasteiger charge is -2.34. The van der Waals surface area contributed by atoms with E-state index in [0.717, 1.165) is 19.4 Å². The van der Waals surface area contributed by atoms with Crippen LogP contribution in [0.25, 0.3) is 0 Å². The second kappa shape index (κ2) is 7.63. The summed E-state index contributed by atoms with van der Waals surface area (Å²) < 4.78 is 4.89. The van der Waals surface area contributed by atoms with Gasteiger partial charge < -0.3 is 15.4 Å². The third-order valence-corrected chi connectivity index (χ3v) is 3.24. The van der Waals surface area contributed by atoms with Crippen molar-refractivity contribution in [2.24, 2.45) is 0 Å². The summed E-state index contributed by atoms with van der Waals surface area (Å²) in [6, 6.07) is 1.06. The average Bonchev–Trinajstić information content (AvgIpc) is 2.29. The summed E-state index contributed by atoms with van der Waals surface area (Å²) in [7, 11) is 3.66. The molecule has 0 aliphatic carbocycles. The standard InChI is InChI=1S/C12H25N3O2/c1-10-8-11(4-5-13-10)15(2)9-12(16)14-6-7-17-3/h10-11,13H,4-9H2,1-3H3,(H,14,16). The first-order valence-electron chi connectivity index (χ1n) is 6.32. The molecule has 5 heteroatoms. The quantitative estimate of drug-likeness (QED) is 0.636. The molecule has 2 atom stereocenters. The molecule has 0 saturated carbocycles. The number of hydrogen-bond acceptors (Lipinski definition) is 4. The minimum Gasteiger partial charge on any atom is -0.383 e. The van der Waals surface area contributed by atoms with E-state index in [1.807, 2.05) is 7.05 Å². The van der Waals surface area contributed by atoms with Gasteiger partial charge in [-0.1, -0.05) is 0 Å². The zero-order valence-corrected chi connectivity index (χ0v) is 11.2. The van der Waals surface area contributed by atoms with Gasteiger partial charge in [0.05, 0.1) is 13.2 Å². The van der Waals surface area contributed by atoms with Crippen molar-refractivity contribution in [1.29, 1.82) is 0 Å². The second-order valence-corrected chi connectivity index (χ2v) is 4.79. The SMILES string of the molecule is COCCNC(=O)CN(C)C1CCNC(C)C1. The van der Waals surface area contributed by atoms with Crippen LogP contribution in [0.15, 0.2) is 0 Å². The van der Waals surface area contributed by atoms with Crippen molar-refractivity contribution < 1.29 is 9.53 Å². The van der Waals surface area contributed by atoms with Crippen molar-refractivity contribution in [3.8, 4) is 0 Å². The maximum absolute atomic E-state index is 11.6. The van der Waals surface area contributed by atoms with E-state index in [9.17, 15) is 4.79 Å². The van der Waals surface area contributed by atoms with Gasteiger partial charge in [0.25, 0.3) is 0 Å². The third kappa shape index (κ3) is 5.48. The van der Waals surface area contributed by atoms with Gasteiger partial charge in [-0.15, -0.1) is 0 Å².